The molecule has 45 valence electrons. The molecule has 0 rings (SSSR count). The van der Waals surface area contributed by atoms with Crippen LogP contribution in [0.5, 0.6) is 0 Å². The van der Waals surface area contributed by atoms with Crippen molar-refractivity contribution in [3.8, 4) is 12.0 Å². The van der Waals surface area contributed by atoms with Gasteiger partial charge in [-0.25, -0.2) is 0 Å². The summed E-state index contributed by atoms with van der Waals surface area (Å²) in [6, 6.07) is 0. The van der Waals surface area contributed by atoms with Gasteiger partial charge < -0.3 is 4.74 Å². The molecule has 0 aromatic heterocycles. The maximum absolute atomic E-state index is 4.82. The summed E-state index contributed by atoms with van der Waals surface area (Å²) in [5, 5.41) is 0. The Labute approximate surface area is 51.0 Å². The molecule has 0 aliphatic heterocycles. The summed E-state index contributed by atoms with van der Waals surface area (Å²) in [5.74, 6) is 2.63. The number of rotatable bonds is 3. The predicted molar refractivity (Wildman–Crippen MR) is 34.0 cm³/mol. The molecule has 0 aromatic carbocycles. The van der Waals surface area contributed by atoms with Gasteiger partial charge in [-0.3, -0.25) is 0 Å². The van der Waals surface area contributed by atoms with Crippen LogP contribution >= 0.6 is 0 Å². The first kappa shape index (κ1) is 7.36. The van der Waals surface area contributed by atoms with Crippen LogP contribution in [0.2, 0.25) is 0 Å². The molecule has 1 nitrogen and oxygen atoms in total. The van der Waals surface area contributed by atoms with Crippen molar-refractivity contribution in [1.29, 1.82) is 0 Å². The van der Waals surface area contributed by atoms with Crippen LogP contribution in [0.25, 0.3) is 0 Å². The highest BCUT2D eigenvalue weighted by atomic mass is 16.5. The zero-order chi connectivity index (χ0) is 6.24. The van der Waals surface area contributed by atoms with Crippen molar-refractivity contribution in [2.24, 2.45) is 0 Å². The minimum Gasteiger partial charge on any atom is -0.447 e. The Hall–Kier alpha value is -0.640. The van der Waals surface area contributed by atoms with E-state index < -0.39 is 0 Å². The first-order valence-corrected chi connectivity index (χ1v) is 2.74. The molecule has 0 N–H and O–H groups in total. The fraction of sp³-hybridized carbons (Fsp3) is 0.571. The molecule has 0 aliphatic rings. The average molecular weight is 111 g/mol. The minimum absolute atomic E-state index is 0.713. The molecule has 8 heavy (non-hydrogen) atoms. The Morgan fingerprint density at radius 1 is 1.62 bits per heavy atom. The van der Waals surface area contributed by atoms with Crippen molar-refractivity contribution in [2.45, 2.75) is 19.8 Å². The molecule has 0 saturated heterocycles. The van der Waals surface area contributed by atoms with Crippen LogP contribution in [-0.4, -0.2) is 6.61 Å². The van der Waals surface area contributed by atoms with Crippen molar-refractivity contribution >= 4 is 0 Å². The molecule has 1 radical (unpaired) electrons. The number of unbranched alkanes of at least 4 members (excludes halogenated alkanes) is 1. The van der Waals surface area contributed by atoms with Crippen molar-refractivity contribution in [2.75, 3.05) is 6.61 Å². The van der Waals surface area contributed by atoms with E-state index in [1.807, 2.05) is 0 Å². The third-order valence-corrected chi connectivity index (χ3v) is 0.671. The molecule has 0 aliphatic carbocycles. The second-order valence-corrected chi connectivity index (χ2v) is 1.41. The van der Waals surface area contributed by atoms with Crippen molar-refractivity contribution in [3.63, 3.8) is 0 Å². The van der Waals surface area contributed by atoms with Gasteiger partial charge in [0, 0.05) is 6.92 Å². The van der Waals surface area contributed by atoms with Gasteiger partial charge in [0.2, 0.25) is 0 Å². The smallest absolute Gasteiger partial charge is 0.109 e. The maximum atomic E-state index is 4.82. The van der Waals surface area contributed by atoms with Crippen LogP contribution < -0.4 is 0 Å². The Morgan fingerprint density at radius 3 is 2.88 bits per heavy atom. The fourth-order valence-electron chi connectivity index (χ4n) is 0.297. The van der Waals surface area contributed by atoms with Crippen LogP contribution in [0.1, 0.15) is 19.8 Å². The number of hydrogen-bond donors (Lipinski definition) is 0. The Kier molecular flexibility index (Phi) is 5.85. The molecule has 0 atom stereocenters. The molecule has 0 saturated carbocycles. The van der Waals surface area contributed by atoms with E-state index in [9.17, 15) is 0 Å². The Morgan fingerprint density at radius 2 is 2.38 bits per heavy atom. The summed E-state index contributed by atoms with van der Waals surface area (Å²) in [5.41, 5.74) is 0. The van der Waals surface area contributed by atoms with Gasteiger partial charge in [0.1, 0.15) is 12.7 Å². The highest BCUT2D eigenvalue weighted by Gasteiger charge is 1.77. The molecule has 0 amide bonds. The molecule has 0 aromatic rings. The van der Waals surface area contributed by atoms with Crippen LogP contribution in [0, 0.1) is 19.0 Å². The standard InChI is InChI=1S/C7H11O/c1-3-5-7-8-6-4-2/h1,3,5,7H2,2H3. The SMILES string of the molecule is [CH2]CCCOC#CC. The average Bonchev–Trinajstić information content (AvgIpc) is 1.81. The summed E-state index contributed by atoms with van der Waals surface area (Å²) in [7, 11) is 0. The van der Waals surface area contributed by atoms with Gasteiger partial charge in [0.15, 0.2) is 0 Å². The normalized spacial score (nSPS) is 7.25. The highest BCUT2D eigenvalue weighted by Crippen LogP contribution is 1.84. The van der Waals surface area contributed by atoms with E-state index in [2.05, 4.69) is 19.0 Å². The fourth-order valence-corrected chi connectivity index (χ4v) is 0.297. The third kappa shape index (κ3) is 5.36. The third-order valence-electron chi connectivity index (χ3n) is 0.671. The minimum atomic E-state index is 0.713. The van der Waals surface area contributed by atoms with Gasteiger partial charge in [0.05, 0.1) is 0 Å². The van der Waals surface area contributed by atoms with E-state index >= 15 is 0 Å². The lowest BCUT2D eigenvalue weighted by molar-refractivity contribution is 0.273. The Bertz CT molecular complexity index is 86.3. The molecule has 1 heteroatoms. The van der Waals surface area contributed by atoms with Gasteiger partial charge in [-0.2, -0.15) is 0 Å². The van der Waals surface area contributed by atoms with Gasteiger partial charge in [0.25, 0.3) is 0 Å². The lowest BCUT2D eigenvalue weighted by atomic mass is 10.4. The van der Waals surface area contributed by atoms with E-state index in [0.717, 1.165) is 12.8 Å². The van der Waals surface area contributed by atoms with Crippen LogP contribution in [0.4, 0.5) is 0 Å². The molecular weight excluding hydrogens is 100 g/mol. The molecular formula is C7H11O. The summed E-state index contributed by atoms with van der Waals surface area (Å²) >= 11 is 0. The quantitative estimate of drug-likeness (QED) is 0.397. The van der Waals surface area contributed by atoms with E-state index in [4.69, 9.17) is 4.74 Å². The second-order valence-electron chi connectivity index (χ2n) is 1.41. The maximum Gasteiger partial charge on any atom is 0.109 e. The molecule has 0 bridgehead atoms. The van der Waals surface area contributed by atoms with Gasteiger partial charge in [-0.1, -0.05) is 19.3 Å². The lowest BCUT2D eigenvalue weighted by Gasteiger charge is -1.91. The van der Waals surface area contributed by atoms with Crippen LogP contribution in [0.15, 0.2) is 0 Å². The molecule has 0 fully saturated rings. The van der Waals surface area contributed by atoms with Gasteiger partial charge in [-0.05, 0) is 6.42 Å². The first-order valence-electron chi connectivity index (χ1n) is 2.74. The van der Waals surface area contributed by atoms with Crippen LogP contribution in [-0.2, 0) is 4.74 Å². The van der Waals surface area contributed by atoms with E-state index in [-0.39, 0.29) is 0 Å². The zero-order valence-corrected chi connectivity index (χ0v) is 5.24. The monoisotopic (exact) mass is 111 g/mol. The highest BCUT2D eigenvalue weighted by molar-refractivity contribution is 4.84. The second kappa shape index (κ2) is 6.36. The van der Waals surface area contributed by atoms with E-state index in [0.29, 0.717) is 6.61 Å². The summed E-state index contributed by atoms with van der Waals surface area (Å²) in [4.78, 5) is 0. The summed E-state index contributed by atoms with van der Waals surface area (Å²) in [6.07, 6.45) is 4.42. The first-order chi connectivity index (χ1) is 3.91. The number of hydrogen-bond acceptors (Lipinski definition) is 1. The van der Waals surface area contributed by atoms with Gasteiger partial charge in [-0.15, -0.1) is 0 Å². The number of ether oxygens (including phenoxy) is 1. The molecule has 0 heterocycles. The topological polar surface area (TPSA) is 9.23 Å². The molecule has 0 spiro atoms. The molecule has 0 unspecified atom stereocenters. The largest absolute Gasteiger partial charge is 0.447 e. The van der Waals surface area contributed by atoms with Gasteiger partial charge >= 0.3 is 0 Å². The van der Waals surface area contributed by atoms with Crippen molar-refractivity contribution < 1.29 is 4.74 Å². The summed E-state index contributed by atoms with van der Waals surface area (Å²) in [6.45, 7) is 6.12. The van der Waals surface area contributed by atoms with Crippen molar-refractivity contribution in [3.05, 3.63) is 6.92 Å². The van der Waals surface area contributed by atoms with E-state index in [1.54, 1.807) is 6.92 Å². The lowest BCUT2D eigenvalue weighted by Crippen LogP contribution is -1.84. The summed E-state index contributed by atoms with van der Waals surface area (Å²) < 4.78 is 4.82. The zero-order valence-electron chi connectivity index (χ0n) is 5.24. The Balaban J connectivity index is 2.79. The van der Waals surface area contributed by atoms with E-state index in [1.165, 1.54) is 0 Å². The predicted octanol–water partition coefficient (Wildman–Crippen LogP) is 1.60. The van der Waals surface area contributed by atoms with Crippen LogP contribution in [0.3, 0.4) is 0 Å². The van der Waals surface area contributed by atoms with Crippen molar-refractivity contribution in [1.82, 2.24) is 0 Å².